The van der Waals surface area contributed by atoms with Gasteiger partial charge in [0, 0.05) is 0 Å². The maximum atomic E-state index is 13.3. The number of amides is 3. The molecule has 0 aromatic heterocycles. The van der Waals surface area contributed by atoms with Crippen molar-refractivity contribution in [2.75, 3.05) is 12.0 Å². The van der Waals surface area contributed by atoms with Gasteiger partial charge in [-0.25, -0.2) is 4.79 Å². The van der Waals surface area contributed by atoms with E-state index < -0.39 is 47.9 Å². The topological polar surface area (TPSA) is 151 Å². The molecule has 0 aliphatic rings. The third-order valence-corrected chi connectivity index (χ3v) is 6.64. The van der Waals surface area contributed by atoms with E-state index in [1.807, 2.05) is 64.3 Å². The summed E-state index contributed by atoms with van der Waals surface area (Å²) < 4.78 is 0. The van der Waals surface area contributed by atoms with Crippen molar-refractivity contribution in [2.24, 2.45) is 17.6 Å². The first kappa shape index (κ1) is 31.4. The standard InChI is InChI=1S/C26H42N4O5S/c1-6-17(4)22(30-23(31)19(27)15-18-10-8-7-9-11-18)25(33)28-20(12-13-36-5)24(32)29-21(26(34)35)14-16(2)3/h7-11,16-17,19-22H,6,12-15,27H2,1-5H3,(H,28,33)(H,29,32)(H,30,31)(H,34,35). The van der Waals surface area contributed by atoms with Gasteiger partial charge in [0.25, 0.3) is 0 Å². The highest BCUT2D eigenvalue weighted by molar-refractivity contribution is 7.98. The largest absolute Gasteiger partial charge is 0.480 e. The summed E-state index contributed by atoms with van der Waals surface area (Å²) in [6.07, 6.45) is 3.42. The van der Waals surface area contributed by atoms with Crippen LogP contribution in [0.4, 0.5) is 0 Å². The van der Waals surface area contributed by atoms with Crippen molar-refractivity contribution >= 4 is 35.5 Å². The first-order valence-corrected chi connectivity index (χ1v) is 13.8. The minimum Gasteiger partial charge on any atom is -0.480 e. The number of aliphatic carboxylic acids is 1. The van der Waals surface area contributed by atoms with E-state index in [0.717, 1.165) is 5.56 Å². The zero-order valence-electron chi connectivity index (χ0n) is 22.0. The Bertz CT molecular complexity index is 852. The van der Waals surface area contributed by atoms with Gasteiger partial charge in [-0.05, 0) is 48.7 Å². The van der Waals surface area contributed by atoms with Crippen LogP contribution in [0.1, 0.15) is 52.5 Å². The van der Waals surface area contributed by atoms with Gasteiger partial charge < -0.3 is 26.8 Å². The molecule has 6 N–H and O–H groups in total. The van der Waals surface area contributed by atoms with Gasteiger partial charge in [-0.1, -0.05) is 64.4 Å². The Hall–Kier alpha value is -2.59. The molecule has 0 aliphatic carbocycles. The first-order chi connectivity index (χ1) is 17.0. The third-order valence-electron chi connectivity index (χ3n) is 5.99. The maximum absolute atomic E-state index is 13.3. The molecule has 5 atom stereocenters. The lowest BCUT2D eigenvalue weighted by Crippen LogP contribution is -2.59. The van der Waals surface area contributed by atoms with E-state index >= 15 is 0 Å². The molecule has 5 unspecified atom stereocenters. The van der Waals surface area contributed by atoms with Crippen LogP contribution in [0.5, 0.6) is 0 Å². The molecule has 1 rings (SSSR count). The predicted octanol–water partition coefficient (Wildman–Crippen LogP) is 1.94. The lowest BCUT2D eigenvalue weighted by molar-refractivity contribution is -0.142. The number of hydrogen-bond donors (Lipinski definition) is 5. The van der Waals surface area contributed by atoms with Crippen molar-refractivity contribution in [2.45, 2.75) is 77.5 Å². The average molecular weight is 523 g/mol. The third kappa shape index (κ3) is 11.0. The molecule has 202 valence electrons. The Labute approximate surface area is 218 Å². The van der Waals surface area contributed by atoms with Gasteiger partial charge in [-0.2, -0.15) is 11.8 Å². The van der Waals surface area contributed by atoms with Crippen molar-refractivity contribution in [3.05, 3.63) is 35.9 Å². The Kier molecular flexibility index (Phi) is 14.2. The van der Waals surface area contributed by atoms with Crippen LogP contribution in [0.3, 0.4) is 0 Å². The quantitative estimate of drug-likeness (QED) is 0.223. The molecular formula is C26H42N4O5S. The first-order valence-electron chi connectivity index (χ1n) is 12.4. The minimum atomic E-state index is -1.12. The lowest BCUT2D eigenvalue weighted by Gasteiger charge is -2.28. The highest BCUT2D eigenvalue weighted by Gasteiger charge is 2.32. The second kappa shape index (κ2) is 16.2. The molecule has 0 saturated heterocycles. The molecule has 1 aromatic rings. The molecule has 0 fully saturated rings. The van der Waals surface area contributed by atoms with Crippen molar-refractivity contribution in [1.82, 2.24) is 16.0 Å². The molecule has 0 heterocycles. The number of carbonyl (C=O) groups is 4. The number of carbonyl (C=O) groups excluding carboxylic acids is 3. The van der Waals surface area contributed by atoms with Crippen LogP contribution in [0.2, 0.25) is 0 Å². The van der Waals surface area contributed by atoms with E-state index in [1.54, 1.807) is 0 Å². The van der Waals surface area contributed by atoms with Crippen LogP contribution < -0.4 is 21.7 Å². The number of benzene rings is 1. The number of thioether (sulfide) groups is 1. The Morgan fingerprint density at radius 2 is 1.56 bits per heavy atom. The average Bonchev–Trinajstić information content (AvgIpc) is 2.83. The maximum Gasteiger partial charge on any atom is 0.326 e. The van der Waals surface area contributed by atoms with E-state index in [-0.39, 0.29) is 18.3 Å². The van der Waals surface area contributed by atoms with Gasteiger partial charge in [0.1, 0.15) is 18.1 Å². The molecule has 3 amide bonds. The molecular weight excluding hydrogens is 480 g/mol. The highest BCUT2D eigenvalue weighted by atomic mass is 32.2. The van der Waals surface area contributed by atoms with Crippen molar-refractivity contribution in [3.8, 4) is 0 Å². The predicted molar refractivity (Wildman–Crippen MR) is 143 cm³/mol. The summed E-state index contributed by atoms with van der Waals surface area (Å²) in [6.45, 7) is 7.49. The molecule has 0 spiro atoms. The summed E-state index contributed by atoms with van der Waals surface area (Å²) in [4.78, 5) is 50.7. The molecule has 1 aromatic carbocycles. The monoisotopic (exact) mass is 522 g/mol. The number of nitrogens with two attached hydrogens (primary N) is 1. The van der Waals surface area contributed by atoms with Gasteiger partial charge in [-0.15, -0.1) is 0 Å². The van der Waals surface area contributed by atoms with Crippen LogP contribution in [0.15, 0.2) is 30.3 Å². The smallest absolute Gasteiger partial charge is 0.326 e. The molecule has 0 radical (unpaired) electrons. The molecule has 0 aliphatic heterocycles. The zero-order valence-corrected chi connectivity index (χ0v) is 22.8. The van der Waals surface area contributed by atoms with E-state index in [0.29, 0.717) is 25.0 Å². The zero-order chi connectivity index (χ0) is 27.3. The Morgan fingerprint density at radius 1 is 0.944 bits per heavy atom. The van der Waals surface area contributed by atoms with Crippen LogP contribution in [-0.4, -0.2) is 65.0 Å². The van der Waals surface area contributed by atoms with Crippen LogP contribution in [0.25, 0.3) is 0 Å². The molecule has 0 bridgehead atoms. The number of nitrogens with one attached hydrogen (secondary N) is 3. The van der Waals surface area contributed by atoms with Crippen LogP contribution in [-0.2, 0) is 25.6 Å². The van der Waals surface area contributed by atoms with Crippen molar-refractivity contribution in [1.29, 1.82) is 0 Å². The van der Waals surface area contributed by atoms with E-state index in [9.17, 15) is 24.3 Å². The highest BCUT2D eigenvalue weighted by Crippen LogP contribution is 2.12. The van der Waals surface area contributed by atoms with Gasteiger partial charge in [0.05, 0.1) is 6.04 Å². The van der Waals surface area contributed by atoms with Crippen molar-refractivity contribution in [3.63, 3.8) is 0 Å². The van der Waals surface area contributed by atoms with E-state index in [4.69, 9.17) is 5.73 Å². The van der Waals surface area contributed by atoms with Gasteiger partial charge in [0.2, 0.25) is 17.7 Å². The number of carboxylic acids is 1. The summed E-state index contributed by atoms with van der Waals surface area (Å²) in [5, 5.41) is 17.6. The van der Waals surface area contributed by atoms with E-state index in [2.05, 4.69) is 16.0 Å². The van der Waals surface area contributed by atoms with Crippen LogP contribution in [0, 0.1) is 11.8 Å². The number of rotatable bonds is 16. The lowest BCUT2D eigenvalue weighted by atomic mass is 9.96. The normalized spacial score (nSPS) is 15.3. The van der Waals surface area contributed by atoms with Gasteiger partial charge >= 0.3 is 5.97 Å². The summed E-state index contributed by atoms with van der Waals surface area (Å²) >= 11 is 1.51. The van der Waals surface area contributed by atoms with Gasteiger partial charge in [0.15, 0.2) is 0 Å². The summed E-state index contributed by atoms with van der Waals surface area (Å²) in [7, 11) is 0. The second-order valence-electron chi connectivity index (χ2n) is 9.54. The molecule has 36 heavy (non-hydrogen) atoms. The fourth-order valence-corrected chi connectivity index (χ4v) is 4.13. The Balaban J connectivity index is 2.96. The Morgan fingerprint density at radius 3 is 2.08 bits per heavy atom. The SMILES string of the molecule is CCC(C)C(NC(=O)C(N)Cc1ccccc1)C(=O)NC(CCSC)C(=O)NC(CC(C)C)C(=O)O. The summed E-state index contributed by atoms with van der Waals surface area (Å²) in [5.74, 6) is -2.19. The van der Waals surface area contributed by atoms with E-state index in [1.165, 1.54) is 11.8 Å². The number of hydrogen-bond acceptors (Lipinski definition) is 6. The second-order valence-corrected chi connectivity index (χ2v) is 10.5. The fraction of sp³-hybridized carbons (Fsp3) is 0.615. The molecule has 0 saturated carbocycles. The molecule has 9 nitrogen and oxygen atoms in total. The number of carboxylic acid groups (broad SMARTS) is 1. The fourth-order valence-electron chi connectivity index (χ4n) is 3.65. The summed E-state index contributed by atoms with van der Waals surface area (Å²) in [6, 6.07) is 5.66. The van der Waals surface area contributed by atoms with Crippen molar-refractivity contribution < 1.29 is 24.3 Å². The molecule has 10 heteroatoms. The summed E-state index contributed by atoms with van der Waals surface area (Å²) in [5.41, 5.74) is 7.02. The van der Waals surface area contributed by atoms with Crippen LogP contribution >= 0.6 is 11.8 Å². The minimum absolute atomic E-state index is 0.0655. The van der Waals surface area contributed by atoms with Gasteiger partial charge in [-0.3, -0.25) is 14.4 Å².